The van der Waals surface area contributed by atoms with Crippen LogP contribution in [0.5, 0.6) is 11.5 Å². The second-order valence-electron chi connectivity index (χ2n) is 7.64. The zero-order chi connectivity index (χ0) is 23.2. The third-order valence-corrected chi connectivity index (χ3v) is 5.21. The predicted molar refractivity (Wildman–Crippen MR) is 145 cm³/mol. The average molecular weight is 515 g/mol. The first-order valence-electron chi connectivity index (χ1n) is 10.7. The average Bonchev–Trinajstić information content (AvgIpc) is 3.25. The Labute approximate surface area is 216 Å². The number of rotatable bonds is 10. The molecule has 3 aromatic carbocycles. The number of nitrogens with one attached hydrogen (secondary N) is 2. The molecule has 6 N–H and O–H groups in total. The molecular formula is C26H28Cl2N4O3. The van der Waals surface area contributed by atoms with Crippen LogP contribution in [0.4, 0.5) is 0 Å². The smallest absolute Gasteiger partial charge is 0.135 e. The van der Waals surface area contributed by atoms with Gasteiger partial charge in [0.2, 0.25) is 0 Å². The lowest BCUT2D eigenvalue weighted by Crippen LogP contribution is -2.10. The van der Waals surface area contributed by atoms with E-state index in [0.717, 1.165) is 46.6 Å². The van der Waals surface area contributed by atoms with Crippen molar-refractivity contribution < 1.29 is 13.9 Å². The number of hydrogen-bond donors (Lipinski definition) is 4. The molecule has 0 atom stereocenters. The van der Waals surface area contributed by atoms with Crippen molar-refractivity contribution in [3.8, 4) is 22.8 Å². The van der Waals surface area contributed by atoms with Crippen LogP contribution in [-0.4, -0.2) is 24.9 Å². The highest BCUT2D eigenvalue weighted by atomic mass is 35.5. The van der Waals surface area contributed by atoms with Gasteiger partial charge in [0, 0.05) is 22.1 Å². The number of benzene rings is 3. The van der Waals surface area contributed by atoms with Crippen molar-refractivity contribution in [2.45, 2.75) is 12.8 Å². The first-order valence-corrected chi connectivity index (χ1v) is 10.7. The molecule has 0 unspecified atom stereocenters. The molecule has 0 bridgehead atoms. The molecular weight excluding hydrogens is 487 g/mol. The summed E-state index contributed by atoms with van der Waals surface area (Å²) >= 11 is 0. The van der Waals surface area contributed by atoms with E-state index in [4.69, 9.17) is 36.2 Å². The molecule has 184 valence electrons. The molecule has 0 aliphatic carbocycles. The quantitative estimate of drug-likeness (QED) is 0.121. The minimum absolute atomic E-state index is 0. The summed E-state index contributed by atoms with van der Waals surface area (Å²) in [4.78, 5) is 0. The van der Waals surface area contributed by atoms with Gasteiger partial charge in [-0.05, 0) is 85.6 Å². The van der Waals surface area contributed by atoms with Crippen molar-refractivity contribution in [2.75, 3.05) is 13.2 Å². The van der Waals surface area contributed by atoms with Gasteiger partial charge in [-0.25, -0.2) is 0 Å². The van der Waals surface area contributed by atoms with Crippen LogP contribution in [0.15, 0.2) is 77.2 Å². The normalized spacial score (nSPS) is 10.2. The first-order chi connectivity index (χ1) is 16.0. The summed E-state index contributed by atoms with van der Waals surface area (Å²) in [6.07, 6.45) is 1.74. The third kappa shape index (κ3) is 7.15. The minimum atomic E-state index is 0. The van der Waals surface area contributed by atoms with Crippen LogP contribution in [0.3, 0.4) is 0 Å². The maximum atomic E-state index is 7.57. The Balaban J connectivity index is 0.00000216. The molecule has 4 rings (SSSR count). The second-order valence-corrected chi connectivity index (χ2v) is 7.64. The molecule has 0 radical (unpaired) electrons. The maximum absolute atomic E-state index is 7.57. The number of hydrogen-bond acceptors (Lipinski definition) is 5. The van der Waals surface area contributed by atoms with E-state index in [2.05, 4.69) is 0 Å². The molecule has 0 amide bonds. The third-order valence-electron chi connectivity index (χ3n) is 5.21. The summed E-state index contributed by atoms with van der Waals surface area (Å²) in [7, 11) is 0. The summed E-state index contributed by atoms with van der Waals surface area (Å²) in [5, 5.41) is 15.9. The number of unbranched alkanes of at least 4 members (excludes halogenated alkanes) is 1. The molecule has 0 saturated heterocycles. The Morgan fingerprint density at radius 1 is 0.686 bits per heavy atom. The fraction of sp³-hybridized carbons (Fsp3) is 0.154. The van der Waals surface area contributed by atoms with Crippen molar-refractivity contribution in [2.24, 2.45) is 11.5 Å². The number of nitrogens with two attached hydrogens (primary N) is 2. The SMILES string of the molecule is Cl.Cl.N=C(N)c1ccc(OCCCCOc2ccc(-c3cc4cc(C(=N)N)ccc4o3)cc2)cc1. The van der Waals surface area contributed by atoms with Crippen molar-refractivity contribution in [3.05, 3.63) is 83.9 Å². The lowest BCUT2D eigenvalue weighted by atomic mass is 10.1. The Morgan fingerprint density at radius 3 is 1.74 bits per heavy atom. The fourth-order valence-electron chi connectivity index (χ4n) is 3.38. The highest BCUT2D eigenvalue weighted by Crippen LogP contribution is 2.29. The standard InChI is InChI=1S/C26H26N4O3.2ClH/c27-25(28)18-5-10-22(11-6-18)32-14-2-1-13-31-21-8-3-17(4-9-21)24-16-20-15-19(26(29)30)7-12-23(20)33-24;;/h3-12,15-16H,1-2,13-14H2,(H3,27,28)(H3,29,30);2*1H. The molecule has 7 nitrogen and oxygen atoms in total. The molecule has 0 spiro atoms. The zero-order valence-electron chi connectivity index (χ0n) is 19.0. The van der Waals surface area contributed by atoms with E-state index in [1.54, 1.807) is 18.2 Å². The molecule has 4 aromatic rings. The van der Waals surface area contributed by atoms with Gasteiger partial charge in [-0.3, -0.25) is 10.8 Å². The number of amidine groups is 2. The van der Waals surface area contributed by atoms with Crippen LogP contribution in [0.25, 0.3) is 22.3 Å². The van der Waals surface area contributed by atoms with Crippen LogP contribution in [0.1, 0.15) is 24.0 Å². The van der Waals surface area contributed by atoms with Gasteiger partial charge in [-0.15, -0.1) is 24.8 Å². The van der Waals surface area contributed by atoms with Gasteiger partial charge in [0.1, 0.15) is 34.5 Å². The lowest BCUT2D eigenvalue weighted by molar-refractivity contribution is 0.266. The van der Waals surface area contributed by atoms with Gasteiger partial charge in [0.05, 0.1) is 13.2 Å². The number of ether oxygens (including phenoxy) is 2. The molecule has 1 heterocycles. The Bertz CT molecular complexity index is 1270. The Kier molecular flexibility index (Phi) is 9.99. The summed E-state index contributed by atoms with van der Waals surface area (Å²) in [5.41, 5.74) is 14.1. The predicted octanol–water partition coefficient (Wildman–Crippen LogP) is 5.75. The number of fused-ring (bicyclic) bond motifs is 1. The Morgan fingerprint density at radius 2 is 1.20 bits per heavy atom. The van der Waals surface area contributed by atoms with Gasteiger partial charge in [0.25, 0.3) is 0 Å². The van der Waals surface area contributed by atoms with Crippen LogP contribution in [0.2, 0.25) is 0 Å². The number of furan rings is 1. The monoisotopic (exact) mass is 514 g/mol. The second kappa shape index (κ2) is 12.7. The van der Waals surface area contributed by atoms with Crippen molar-refractivity contribution in [1.29, 1.82) is 10.8 Å². The van der Waals surface area contributed by atoms with E-state index >= 15 is 0 Å². The van der Waals surface area contributed by atoms with Gasteiger partial charge < -0.3 is 25.4 Å². The van der Waals surface area contributed by atoms with Crippen LogP contribution in [0, 0.1) is 10.8 Å². The van der Waals surface area contributed by atoms with E-state index in [-0.39, 0.29) is 36.5 Å². The van der Waals surface area contributed by atoms with E-state index < -0.39 is 0 Å². The van der Waals surface area contributed by atoms with Crippen LogP contribution in [-0.2, 0) is 0 Å². The fourth-order valence-corrected chi connectivity index (χ4v) is 3.38. The summed E-state index contributed by atoms with van der Waals surface area (Å²) in [6.45, 7) is 1.20. The lowest BCUT2D eigenvalue weighted by Gasteiger charge is -2.08. The molecule has 35 heavy (non-hydrogen) atoms. The molecule has 0 saturated carbocycles. The van der Waals surface area contributed by atoms with E-state index in [0.29, 0.717) is 24.3 Å². The highest BCUT2D eigenvalue weighted by molar-refractivity contribution is 5.99. The van der Waals surface area contributed by atoms with Crippen molar-refractivity contribution in [1.82, 2.24) is 0 Å². The molecule has 0 aliphatic heterocycles. The van der Waals surface area contributed by atoms with Gasteiger partial charge in [0.15, 0.2) is 0 Å². The first kappa shape index (κ1) is 27.6. The number of nitrogen functional groups attached to an aromatic ring is 2. The maximum Gasteiger partial charge on any atom is 0.135 e. The van der Waals surface area contributed by atoms with Crippen molar-refractivity contribution >= 4 is 47.5 Å². The van der Waals surface area contributed by atoms with Crippen LogP contribution < -0.4 is 20.9 Å². The van der Waals surface area contributed by atoms with E-state index in [1.165, 1.54) is 0 Å². The number of halogens is 2. The summed E-state index contributed by atoms with van der Waals surface area (Å²) < 4.78 is 17.5. The van der Waals surface area contributed by atoms with Gasteiger partial charge in [-0.1, -0.05) is 0 Å². The largest absolute Gasteiger partial charge is 0.494 e. The summed E-state index contributed by atoms with van der Waals surface area (Å²) in [6, 6.07) is 22.4. The Hall–Kier alpha value is -3.68. The molecule has 9 heteroatoms. The van der Waals surface area contributed by atoms with Crippen molar-refractivity contribution in [3.63, 3.8) is 0 Å². The zero-order valence-corrected chi connectivity index (χ0v) is 20.6. The van der Waals surface area contributed by atoms with E-state index in [9.17, 15) is 0 Å². The minimum Gasteiger partial charge on any atom is -0.494 e. The highest BCUT2D eigenvalue weighted by Gasteiger charge is 2.08. The van der Waals surface area contributed by atoms with E-state index in [1.807, 2.05) is 54.6 Å². The van der Waals surface area contributed by atoms with Crippen LogP contribution >= 0.6 is 24.8 Å². The molecule has 1 aromatic heterocycles. The van der Waals surface area contributed by atoms with Gasteiger partial charge in [-0.2, -0.15) is 0 Å². The summed E-state index contributed by atoms with van der Waals surface area (Å²) in [5.74, 6) is 2.41. The molecule has 0 fully saturated rings. The van der Waals surface area contributed by atoms with Gasteiger partial charge >= 0.3 is 0 Å². The molecule has 0 aliphatic rings. The topological polar surface area (TPSA) is 131 Å².